The van der Waals surface area contributed by atoms with Gasteiger partial charge in [0, 0.05) is 31.0 Å². The predicted molar refractivity (Wildman–Crippen MR) is 74.5 cm³/mol. The number of carbonyl (C=O) groups is 2. The first-order chi connectivity index (χ1) is 8.88. The summed E-state index contributed by atoms with van der Waals surface area (Å²) in [6.07, 6.45) is 4.31. The zero-order valence-corrected chi connectivity index (χ0v) is 12.4. The molecule has 1 atom stereocenters. The molecule has 108 valence electrons. The van der Waals surface area contributed by atoms with Crippen LogP contribution in [-0.4, -0.2) is 36.3 Å². The summed E-state index contributed by atoms with van der Waals surface area (Å²) in [5.74, 6) is 1.16. The maximum absolute atomic E-state index is 12.0. The molecule has 2 aliphatic rings. The minimum Gasteiger partial charge on any atom is -0.355 e. The first-order valence-corrected chi connectivity index (χ1v) is 7.45. The SMILES string of the molecule is CC(C)(C)C(=O)NCC1CCCN(C(=O)C2CC2)C1. The minimum atomic E-state index is -0.335. The Morgan fingerprint density at radius 3 is 2.47 bits per heavy atom. The minimum absolute atomic E-state index is 0.0955. The molecule has 0 aromatic heterocycles. The van der Waals surface area contributed by atoms with E-state index < -0.39 is 0 Å². The maximum atomic E-state index is 12.0. The number of likely N-dealkylation sites (tertiary alicyclic amines) is 1. The average Bonchev–Trinajstić information content (AvgIpc) is 3.18. The number of carbonyl (C=O) groups excluding carboxylic acids is 2. The smallest absolute Gasteiger partial charge is 0.225 e. The van der Waals surface area contributed by atoms with Crippen LogP contribution in [0.1, 0.15) is 46.5 Å². The van der Waals surface area contributed by atoms with Crippen molar-refractivity contribution in [2.24, 2.45) is 17.3 Å². The van der Waals surface area contributed by atoms with Crippen LogP contribution in [0, 0.1) is 17.3 Å². The Morgan fingerprint density at radius 1 is 1.21 bits per heavy atom. The summed E-state index contributed by atoms with van der Waals surface area (Å²) in [6.45, 7) is 8.19. The summed E-state index contributed by atoms with van der Waals surface area (Å²) >= 11 is 0. The molecule has 1 aliphatic carbocycles. The quantitative estimate of drug-likeness (QED) is 0.847. The van der Waals surface area contributed by atoms with E-state index in [9.17, 15) is 9.59 Å². The Morgan fingerprint density at radius 2 is 1.89 bits per heavy atom. The molecular formula is C15H26N2O2. The molecule has 4 nitrogen and oxygen atoms in total. The van der Waals surface area contributed by atoms with Crippen LogP contribution in [-0.2, 0) is 9.59 Å². The molecule has 1 unspecified atom stereocenters. The van der Waals surface area contributed by atoms with Gasteiger partial charge in [-0.05, 0) is 31.6 Å². The van der Waals surface area contributed by atoms with Gasteiger partial charge < -0.3 is 10.2 Å². The van der Waals surface area contributed by atoms with Crippen molar-refractivity contribution in [3.63, 3.8) is 0 Å². The van der Waals surface area contributed by atoms with Gasteiger partial charge in [0.15, 0.2) is 0 Å². The average molecular weight is 266 g/mol. The van der Waals surface area contributed by atoms with E-state index in [-0.39, 0.29) is 11.3 Å². The third-order valence-electron chi connectivity index (χ3n) is 3.99. The van der Waals surface area contributed by atoms with E-state index in [1.807, 2.05) is 25.7 Å². The fraction of sp³-hybridized carbons (Fsp3) is 0.867. The first kappa shape index (κ1) is 14.4. The van der Waals surface area contributed by atoms with Crippen molar-refractivity contribution in [1.29, 1.82) is 0 Å². The molecule has 2 rings (SSSR count). The van der Waals surface area contributed by atoms with Crippen molar-refractivity contribution in [2.75, 3.05) is 19.6 Å². The Kier molecular flexibility index (Phi) is 4.16. The lowest BCUT2D eigenvalue weighted by Crippen LogP contribution is -2.45. The van der Waals surface area contributed by atoms with E-state index in [0.717, 1.165) is 38.8 Å². The van der Waals surface area contributed by atoms with Crippen LogP contribution < -0.4 is 5.32 Å². The summed E-state index contributed by atoms with van der Waals surface area (Å²) in [7, 11) is 0. The zero-order valence-electron chi connectivity index (χ0n) is 12.4. The molecule has 1 saturated carbocycles. The van der Waals surface area contributed by atoms with Crippen molar-refractivity contribution in [3.8, 4) is 0 Å². The number of rotatable bonds is 3. The summed E-state index contributed by atoms with van der Waals surface area (Å²) in [5.41, 5.74) is -0.335. The Hall–Kier alpha value is -1.06. The Labute approximate surface area is 115 Å². The van der Waals surface area contributed by atoms with Gasteiger partial charge in [0.2, 0.25) is 11.8 Å². The standard InChI is InChI=1S/C15H26N2O2/c1-15(2,3)14(19)16-9-11-5-4-8-17(10-11)13(18)12-6-7-12/h11-12H,4-10H2,1-3H3,(H,16,19). The van der Waals surface area contributed by atoms with Gasteiger partial charge >= 0.3 is 0 Å². The fourth-order valence-electron chi connectivity index (χ4n) is 2.52. The van der Waals surface area contributed by atoms with Gasteiger partial charge in [0.25, 0.3) is 0 Å². The van der Waals surface area contributed by atoms with Crippen LogP contribution in [0.3, 0.4) is 0 Å². The molecule has 1 heterocycles. The largest absolute Gasteiger partial charge is 0.355 e. The second-order valence-electron chi connectivity index (χ2n) is 7.03. The van der Waals surface area contributed by atoms with E-state index >= 15 is 0 Å². The second kappa shape index (κ2) is 5.51. The summed E-state index contributed by atoms with van der Waals surface area (Å²) in [4.78, 5) is 25.9. The molecule has 1 N–H and O–H groups in total. The third-order valence-corrected chi connectivity index (χ3v) is 3.99. The Bertz CT molecular complexity index is 356. The number of nitrogens with zero attached hydrogens (tertiary/aromatic N) is 1. The monoisotopic (exact) mass is 266 g/mol. The molecule has 0 bridgehead atoms. The topological polar surface area (TPSA) is 49.4 Å². The highest BCUT2D eigenvalue weighted by Gasteiger charge is 2.35. The van der Waals surface area contributed by atoms with Gasteiger partial charge in [-0.3, -0.25) is 9.59 Å². The van der Waals surface area contributed by atoms with Gasteiger partial charge in [0.05, 0.1) is 0 Å². The molecule has 0 aromatic carbocycles. The fourth-order valence-corrected chi connectivity index (χ4v) is 2.52. The van der Waals surface area contributed by atoms with Crippen LogP contribution in [0.25, 0.3) is 0 Å². The molecule has 4 heteroatoms. The first-order valence-electron chi connectivity index (χ1n) is 7.45. The third kappa shape index (κ3) is 3.95. The molecular weight excluding hydrogens is 240 g/mol. The van der Waals surface area contributed by atoms with Crippen LogP contribution >= 0.6 is 0 Å². The summed E-state index contributed by atoms with van der Waals surface area (Å²) in [6, 6.07) is 0. The highest BCUT2D eigenvalue weighted by Crippen LogP contribution is 2.32. The summed E-state index contributed by atoms with van der Waals surface area (Å²) < 4.78 is 0. The van der Waals surface area contributed by atoms with Gasteiger partial charge in [-0.2, -0.15) is 0 Å². The number of amides is 2. The summed E-state index contributed by atoms with van der Waals surface area (Å²) in [5, 5.41) is 3.02. The molecule has 19 heavy (non-hydrogen) atoms. The van der Waals surface area contributed by atoms with Gasteiger partial charge in [-0.15, -0.1) is 0 Å². The van der Waals surface area contributed by atoms with E-state index in [2.05, 4.69) is 5.32 Å². The van der Waals surface area contributed by atoms with Crippen molar-refractivity contribution < 1.29 is 9.59 Å². The van der Waals surface area contributed by atoms with Crippen molar-refractivity contribution in [3.05, 3.63) is 0 Å². The van der Waals surface area contributed by atoms with E-state index in [4.69, 9.17) is 0 Å². The van der Waals surface area contributed by atoms with Gasteiger partial charge in [-0.25, -0.2) is 0 Å². The van der Waals surface area contributed by atoms with E-state index in [0.29, 0.717) is 24.3 Å². The molecule has 2 amide bonds. The predicted octanol–water partition coefficient (Wildman–Crippen LogP) is 1.80. The lowest BCUT2D eigenvalue weighted by atomic mass is 9.94. The maximum Gasteiger partial charge on any atom is 0.225 e. The molecule has 1 aliphatic heterocycles. The number of nitrogens with one attached hydrogen (secondary N) is 1. The molecule has 2 fully saturated rings. The zero-order chi connectivity index (χ0) is 14.0. The lowest BCUT2D eigenvalue weighted by molar-refractivity contribution is -0.134. The molecule has 1 saturated heterocycles. The number of hydrogen-bond acceptors (Lipinski definition) is 2. The van der Waals surface area contributed by atoms with Crippen LogP contribution in [0.5, 0.6) is 0 Å². The van der Waals surface area contributed by atoms with Gasteiger partial charge in [0.1, 0.15) is 0 Å². The van der Waals surface area contributed by atoms with Crippen molar-refractivity contribution in [1.82, 2.24) is 10.2 Å². The number of hydrogen-bond donors (Lipinski definition) is 1. The highest BCUT2D eigenvalue weighted by atomic mass is 16.2. The van der Waals surface area contributed by atoms with E-state index in [1.165, 1.54) is 0 Å². The van der Waals surface area contributed by atoms with Crippen LogP contribution in [0.2, 0.25) is 0 Å². The lowest BCUT2D eigenvalue weighted by Gasteiger charge is -2.33. The van der Waals surface area contributed by atoms with Crippen LogP contribution in [0.15, 0.2) is 0 Å². The highest BCUT2D eigenvalue weighted by molar-refractivity contribution is 5.81. The van der Waals surface area contributed by atoms with Crippen LogP contribution in [0.4, 0.5) is 0 Å². The van der Waals surface area contributed by atoms with Gasteiger partial charge in [-0.1, -0.05) is 20.8 Å². The van der Waals surface area contributed by atoms with Crippen molar-refractivity contribution >= 4 is 11.8 Å². The second-order valence-corrected chi connectivity index (χ2v) is 7.03. The number of piperidine rings is 1. The normalized spacial score (nSPS) is 24.2. The molecule has 0 spiro atoms. The molecule has 0 aromatic rings. The van der Waals surface area contributed by atoms with Crippen molar-refractivity contribution in [2.45, 2.75) is 46.5 Å². The Balaban J connectivity index is 1.78. The van der Waals surface area contributed by atoms with E-state index in [1.54, 1.807) is 0 Å². The molecule has 0 radical (unpaired) electrons.